The van der Waals surface area contributed by atoms with Crippen LogP contribution >= 0.6 is 0 Å². The highest BCUT2D eigenvalue weighted by Crippen LogP contribution is 2.13. The van der Waals surface area contributed by atoms with Crippen molar-refractivity contribution in [1.29, 1.82) is 0 Å². The normalized spacial score (nSPS) is 9.81. The highest BCUT2D eigenvalue weighted by molar-refractivity contribution is 5.44. The van der Waals surface area contributed by atoms with Gasteiger partial charge < -0.3 is 9.47 Å². The summed E-state index contributed by atoms with van der Waals surface area (Å²) >= 11 is 0. The number of ether oxygens (including phenoxy) is 2. The number of nitrogens with zero attached hydrogens (tertiary/aromatic N) is 2. The van der Waals surface area contributed by atoms with E-state index in [0.717, 1.165) is 61.5 Å². The van der Waals surface area contributed by atoms with E-state index < -0.39 is 0 Å². The number of benzene rings is 2. The lowest BCUT2D eigenvalue weighted by molar-refractivity contribution is 0.309. The molecule has 0 fully saturated rings. The summed E-state index contributed by atoms with van der Waals surface area (Å²) in [6.07, 6.45) is 4.36. The number of hydrogen-bond donors (Lipinski definition) is 0. The number of aromatic nitrogens is 2. The summed E-state index contributed by atoms with van der Waals surface area (Å²) in [6.45, 7) is 5.78. The van der Waals surface area contributed by atoms with E-state index in [-0.39, 0.29) is 0 Å². The second kappa shape index (κ2) is 12.8. The Morgan fingerprint density at radius 1 is 0.562 bits per heavy atom. The fourth-order valence-corrected chi connectivity index (χ4v) is 2.68. The molecule has 0 aliphatic carbocycles. The van der Waals surface area contributed by atoms with E-state index >= 15 is 0 Å². The van der Waals surface area contributed by atoms with E-state index in [9.17, 15) is 0 Å². The third kappa shape index (κ3) is 7.82. The number of unbranched alkanes of at least 4 members (excludes halogenated alkanes) is 2. The molecule has 162 valence electrons. The van der Waals surface area contributed by atoms with Gasteiger partial charge >= 0.3 is 0 Å². The molecule has 0 radical (unpaired) electrons. The fourth-order valence-electron chi connectivity index (χ4n) is 2.68. The molecule has 1 aromatic heterocycles. The van der Waals surface area contributed by atoms with Crippen LogP contribution in [0.1, 0.15) is 62.0 Å². The molecule has 0 bridgehead atoms. The Morgan fingerprint density at radius 3 is 1.31 bits per heavy atom. The zero-order valence-electron chi connectivity index (χ0n) is 18.7. The SMILES string of the molecule is CCCCOc1ccc(C#Cc2ccc(C#Cc3ccc(OCCCC)cc3)nn2)cc1. The van der Waals surface area contributed by atoms with Gasteiger partial charge in [0.2, 0.25) is 0 Å². The van der Waals surface area contributed by atoms with Crippen LogP contribution in [0.25, 0.3) is 0 Å². The van der Waals surface area contributed by atoms with Gasteiger partial charge in [-0.1, -0.05) is 38.5 Å². The maximum absolute atomic E-state index is 5.67. The van der Waals surface area contributed by atoms with Crippen LogP contribution in [0.4, 0.5) is 0 Å². The highest BCUT2D eigenvalue weighted by atomic mass is 16.5. The van der Waals surface area contributed by atoms with Crippen LogP contribution < -0.4 is 9.47 Å². The molecular weight excluding hydrogens is 396 g/mol. The molecule has 4 nitrogen and oxygen atoms in total. The van der Waals surface area contributed by atoms with Crippen molar-refractivity contribution in [2.75, 3.05) is 13.2 Å². The molecule has 3 rings (SSSR count). The molecular formula is C28H28N2O2. The van der Waals surface area contributed by atoms with Crippen molar-refractivity contribution in [3.05, 3.63) is 83.2 Å². The summed E-state index contributed by atoms with van der Waals surface area (Å²) in [4.78, 5) is 0. The smallest absolute Gasteiger partial charge is 0.136 e. The van der Waals surface area contributed by atoms with Crippen molar-refractivity contribution < 1.29 is 9.47 Å². The van der Waals surface area contributed by atoms with E-state index in [1.54, 1.807) is 0 Å². The lowest BCUT2D eigenvalue weighted by atomic mass is 10.2. The third-order valence-electron chi connectivity index (χ3n) is 4.58. The van der Waals surface area contributed by atoms with Crippen molar-refractivity contribution in [3.63, 3.8) is 0 Å². The molecule has 0 aliphatic rings. The van der Waals surface area contributed by atoms with Crippen molar-refractivity contribution in [1.82, 2.24) is 10.2 Å². The minimum absolute atomic E-state index is 0.604. The predicted molar refractivity (Wildman–Crippen MR) is 128 cm³/mol. The van der Waals surface area contributed by atoms with Crippen molar-refractivity contribution in [2.24, 2.45) is 0 Å². The molecule has 1 heterocycles. The number of rotatable bonds is 8. The van der Waals surface area contributed by atoms with Crippen LogP contribution in [0.15, 0.2) is 60.7 Å². The fraction of sp³-hybridized carbons (Fsp3) is 0.286. The monoisotopic (exact) mass is 424 g/mol. The topological polar surface area (TPSA) is 44.2 Å². The van der Waals surface area contributed by atoms with Crippen LogP contribution in [0.3, 0.4) is 0 Å². The molecule has 0 saturated carbocycles. The van der Waals surface area contributed by atoms with E-state index in [1.165, 1.54) is 0 Å². The first kappa shape index (κ1) is 22.9. The minimum Gasteiger partial charge on any atom is -0.494 e. The molecule has 0 saturated heterocycles. The summed E-state index contributed by atoms with van der Waals surface area (Å²) in [6, 6.07) is 19.2. The van der Waals surface area contributed by atoms with Gasteiger partial charge in [0, 0.05) is 11.1 Å². The van der Waals surface area contributed by atoms with Crippen LogP contribution in [-0.4, -0.2) is 23.4 Å². The van der Waals surface area contributed by atoms with E-state index in [2.05, 4.69) is 47.7 Å². The Kier molecular flexibility index (Phi) is 9.18. The van der Waals surface area contributed by atoms with E-state index in [1.807, 2.05) is 60.7 Å². The second-order valence-electron chi connectivity index (χ2n) is 7.26. The van der Waals surface area contributed by atoms with E-state index in [0.29, 0.717) is 11.4 Å². The Bertz CT molecular complexity index is 991. The standard InChI is InChI=1S/C28H28N2O2/c1-3-5-21-31-27-17-9-23(10-18-27)7-13-25-15-16-26(30-29-25)14-8-24-11-19-28(20-12-24)32-22-6-4-2/h9-12,15-20H,3-6,21-22H2,1-2H3. The summed E-state index contributed by atoms with van der Waals surface area (Å²) in [5.74, 6) is 14.0. The van der Waals surface area contributed by atoms with Gasteiger partial charge in [-0.25, -0.2) is 0 Å². The molecule has 0 atom stereocenters. The zero-order valence-corrected chi connectivity index (χ0v) is 18.7. The first-order valence-electron chi connectivity index (χ1n) is 11.1. The summed E-state index contributed by atoms with van der Waals surface area (Å²) < 4.78 is 11.3. The summed E-state index contributed by atoms with van der Waals surface area (Å²) in [5, 5.41) is 8.32. The number of hydrogen-bond acceptors (Lipinski definition) is 4. The average molecular weight is 425 g/mol. The molecule has 0 aliphatic heterocycles. The van der Waals surface area contributed by atoms with Gasteiger partial charge in [0.05, 0.1) is 13.2 Å². The first-order chi connectivity index (χ1) is 15.8. The third-order valence-corrected chi connectivity index (χ3v) is 4.58. The quantitative estimate of drug-likeness (QED) is 0.347. The van der Waals surface area contributed by atoms with Crippen molar-refractivity contribution >= 4 is 0 Å². The summed E-state index contributed by atoms with van der Waals surface area (Å²) in [7, 11) is 0. The van der Waals surface area contributed by atoms with Gasteiger partial charge in [0.25, 0.3) is 0 Å². The average Bonchev–Trinajstić information content (AvgIpc) is 2.84. The Morgan fingerprint density at radius 2 is 0.969 bits per heavy atom. The first-order valence-corrected chi connectivity index (χ1v) is 11.1. The molecule has 0 amide bonds. The summed E-state index contributed by atoms with van der Waals surface area (Å²) in [5.41, 5.74) is 3.01. The molecule has 0 N–H and O–H groups in total. The van der Waals surface area contributed by atoms with Crippen LogP contribution in [0.2, 0.25) is 0 Å². The highest BCUT2D eigenvalue weighted by Gasteiger charge is 1.96. The maximum Gasteiger partial charge on any atom is 0.136 e. The second-order valence-corrected chi connectivity index (χ2v) is 7.26. The van der Waals surface area contributed by atoms with Gasteiger partial charge in [-0.05, 0) is 85.3 Å². The van der Waals surface area contributed by atoms with Gasteiger partial charge in [-0.15, -0.1) is 10.2 Å². The Hall–Kier alpha value is -3.76. The lowest BCUT2D eigenvalue weighted by Crippen LogP contribution is -1.96. The Labute approximate surface area is 191 Å². The van der Waals surface area contributed by atoms with Gasteiger partial charge in [0.15, 0.2) is 0 Å². The molecule has 0 unspecified atom stereocenters. The van der Waals surface area contributed by atoms with E-state index in [4.69, 9.17) is 9.47 Å². The van der Waals surface area contributed by atoms with Crippen molar-refractivity contribution in [2.45, 2.75) is 39.5 Å². The largest absolute Gasteiger partial charge is 0.494 e. The van der Waals surface area contributed by atoms with Gasteiger partial charge in [-0.2, -0.15) is 0 Å². The Balaban J connectivity index is 1.55. The zero-order chi connectivity index (χ0) is 22.4. The molecule has 4 heteroatoms. The molecule has 2 aromatic carbocycles. The van der Waals surface area contributed by atoms with Crippen molar-refractivity contribution in [3.8, 4) is 35.2 Å². The minimum atomic E-state index is 0.604. The van der Waals surface area contributed by atoms with Gasteiger partial charge in [-0.3, -0.25) is 0 Å². The molecule has 32 heavy (non-hydrogen) atoms. The maximum atomic E-state index is 5.67. The van der Waals surface area contributed by atoms with Crippen LogP contribution in [-0.2, 0) is 0 Å². The lowest BCUT2D eigenvalue weighted by Gasteiger charge is -2.04. The molecule has 0 spiro atoms. The van der Waals surface area contributed by atoms with Crippen LogP contribution in [0.5, 0.6) is 11.5 Å². The molecule has 3 aromatic rings. The van der Waals surface area contributed by atoms with Crippen LogP contribution in [0, 0.1) is 23.7 Å². The predicted octanol–water partition coefficient (Wildman–Crippen LogP) is 5.63. The van der Waals surface area contributed by atoms with Gasteiger partial charge in [0.1, 0.15) is 22.9 Å².